The molecule has 1 aromatic heterocycles. The summed E-state index contributed by atoms with van der Waals surface area (Å²) in [6.45, 7) is 3.82. The lowest BCUT2D eigenvalue weighted by Crippen LogP contribution is -2.26. The minimum absolute atomic E-state index is 0.0410. The number of halogens is 2. The first kappa shape index (κ1) is 19.0. The number of hydrogen-bond donors (Lipinski definition) is 1. The van der Waals surface area contributed by atoms with Crippen molar-refractivity contribution in [2.45, 2.75) is 26.4 Å². The van der Waals surface area contributed by atoms with Crippen LogP contribution in [0.2, 0.25) is 0 Å². The molecule has 4 nitrogen and oxygen atoms in total. The van der Waals surface area contributed by atoms with E-state index in [4.69, 9.17) is 5.73 Å². The smallest absolute Gasteiger partial charge is 0.255 e. The van der Waals surface area contributed by atoms with Gasteiger partial charge in [0, 0.05) is 35.2 Å². The maximum atomic E-state index is 14.4. The van der Waals surface area contributed by atoms with Crippen molar-refractivity contribution in [2.24, 2.45) is 0 Å². The summed E-state index contributed by atoms with van der Waals surface area (Å²) in [5.41, 5.74) is 10.1. The van der Waals surface area contributed by atoms with Gasteiger partial charge >= 0.3 is 0 Å². The first-order valence-electron chi connectivity index (χ1n) is 9.20. The second-order valence-corrected chi connectivity index (χ2v) is 8.36. The third-order valence-electron chi connectivity index (χ3n) is 5.33. The molecule has 0 radical (unpaired) electrons. The van der Waals surface area contributed by atoms with Crippen molar-refractivity contribution in [2.75, 3.05) is 17.2 Å². The number of pyridine rings is 1. The molecule has 0 saturated heterocycles. The van der Waals surface area contributed by atoms with Crippen LogP contribution in [0.5, 0.6) is 0 Å². The molecule has 6 heteroatoms. The second kappa shape index (κ2) is 7.58. The van der Waals surface area contributed by atoms with E-state index in [1.54, 1.807) is 17.6 Å². The average molecular weight is 489 g/mol. The van der Waals surface area contributed by atoms with Gasteiger partial charge in [0.15, 0.2) is 0 Å². The van der Waals surface area contributed by atoms with Gasteiger partial charge in [-0.15, -0.1) is 0 Å². The number of rotatable bonds is 4. The van der Waals surface area contributed by atoms with E-state index in [2.05, 4.69) is 39.6 Å². The van der Waals surface area contributed by atoms with Crippen LogP contribution in [-0.2, 0) is 19.5 Å². The lowest BCUT2D eigenvalue weighted by Gasteiger charge is -2.23. The number of aromatic nitrogens is 1. The van der Waals surface area contributed by atoms with Crippen LogP contribution >= 0.6 is 22.6 Å². The molecular weight excluding hydrogens is 468 g/mol. The summed E-state index contributed by atoms with van der Waals surface area (Å²) in [4.78, 5) is 15.1. The van der Waals surface area contributed by atoms with Crippen molar-refractivity contribution in [3.8, 4) is 0 Å². The van der Waals surface area contributed by atoms with E-state index in [0.717, 1.165) is 27.1 Å². The fraction of sp³-hybridized carbons (Fsp3) is 0.227. The zero-order chi connectivity index (χ0) is 19.8. The first-order chi connectivity index (χ1) is 13.5. The Morgan fingerprint density at radius 3 is 2.61 bits per heavy atom. The molecule has 1 aliphatic heterocycles. The Hall–Kier alpha value is -2.35. The maximum absolute atomic E-state index is 14.4. The summed E-state index contributed by atoms with van der Waals surface area (Å²) >= 11 is 2.08. The van der Waals surface area contributed by atoms with E-state index < -0.39 is 0 Å². The molecule has 0 spiro atoms. The van der Waals surface area contributed by atoms with E-state index in [1.807, 2.05) is 24.3 Å². The molecule has 2 N–H and O–H groups in total. The highest BCUT2D eigenvalue weighted by Crippen LogP contribution is 2.33. The molecule has 2 heterocycles. The number of nitrogen functional groups attached to an aromatic ring is 1. The molecule has 0 amide bonds. The molecule has 0 saturated carbocycles. The average Bonchev–Trinajstić information content (AvgIpc) is 3.09. The summed E-state index contributed by atoms with van der Waals surface area (Å²) in [6.07, 6.45) is 0.308. The van der Waals surface area contributed by atoms with Gasteiger partial charge < -0.3 is 10.6 Å². The van der Waals surface area contributed by atoms with Gasteiger partial charge in [0.25, 0.3) is 5.56 Å². The van der Waals surface area contributed by atoms with Gasteiger partial charge in [0.05, 0.1) is 5.69 Å². The van der Waals surface area contributed by atoms with Crippen molar-refractivity contribution in [1.29, 1.82) is 0 Å². The molecule has 0 aliphatic carbocycles. The van der Waals surface area contributed by atoms with Gasteiger partial charge in [0.1, 0.15) is 11.6 Å². The van der Waals surface area contributed by atoms with Crippen LogP contribution in [0, 0.1) is 16.3 Å². The molecule has 0 bridgehead atoms. The monoisotopic (exact) mass is 489 g/mol. The minimum Gasteiger partial charge on any atom is -0.396 e. The third-order valence-corrected chi connectivity index (χ3v) is 6.00. The predicted octanol–water partition coefficient (Wildman–Crippen LogP) is 4.09. The van der Waals surface area contributed by atoms with Crippen LogP contribution in [0.3, 0.4) is 0 Å². The Bertz CT molecular complexity index is 1100. The summed E-state index contributed by atoms with van der Waals surface area (Å²) < 4.78 is 17.0. The summed E-state index contributed by atoms with van der Waals surface area (Å²) in [7, 11) is 0. The number of benzene rings is 2. The summed E-state index contributed by atoms with van der Waals surface area (Å²) in [6, 6.07) is 15.2. The van der Waals surface area contributed by atoms with Crippen LogP contribution in [0.15, 0.2) is 53.3 Å². The van der Waals surface area contributed by atoms with E-state index in [-0.39, 0.29) is 11.4 Å². The van der Waals surface area contributed by atoms with E-state index >= 15 is 0 Å². The predicted molar refractivity (Wildman–Crippen MR) is 119 cm³/mol. The third kappa shape index (κ3) is 3.41. The normalized spacial score (nSPS) is 13.0. The van der Waals surface area contributed by atoms with Crippen molar-refractivity contribution in [3.63, 3.8) is 0 Å². The molecule has 1 aliphatic rings. The standard InChI is InChI=1S/C22H21FIN3O/c1-14-18(11-16-7-8-17(24)12-19(16)23)20(25)21-26(9-10-27(21)22(14)28)13-15-5-3-2-4-6-15/h2-8,12H,9-11,13,25H2,1H3. The van der Waals surface area contributed by atoms with Crippen molar-refractivity contribution in [1.82, 2.24) is 4.57 Å². The fourth-order valence-electron chi connectivity index (χ4n) is 3.83. The summed E-state index contributed by atoms with van der Waals surface area (Å²) in [5.74, 6) is 0.479. The molecule has 144 valence electrons. The van der Waals surface area contributed by atoms with Gasteiger partial charge in [-0.3, -0.25) is 9.36 Å². The highest BCUT2D eigenvalue weighted by Gasteiger charge is 2.27. The van der Waals surface area contributed by atoms with Crippen molar-refractivity contribution >= 4 is 34.1 Å². The van der Waals surface area contributed by atoms with Crippen molar-refractivity contribution in [3.05, 3.63) is 90.5 Å². The molecule has 4 rings (SSSR count). The molecule has 0 atom stereocenters. The van der Waals surface area contributed by atoms with E-state index in [0.29, 0.717) is 36.3 Å². The lowest BCUT2D eigenvalue weighted by atomic mass is 9.99. The topological polar surface area (TPSA) is 51.3 Å². The molecule has 0 unspecified atom stereocenters. The lowest BCUT2D eigenvalue weighted by molar-refractivity contribution is 0.612. The fourth-order valence-corrected chi connectivity index (χ4v) is 4.28. The number of hydrogen-bond acceptors (Lipinski definition) is 3. The van der Waals surface area contributed by atoms with Gasteiger partial charge in [-0.2, -0.15) is 0 Å². The SMILES string of the molecule is Cc1c(Cc2ccc(I)cc2F)c(N)c2n(c1=O)CCN2Cc1ccccc1. The highest BCUT2D eigenvalue weighted by atomic mass is 127. The molecule has 0 fully saturated rings. The molecule has 28 heavy (non-hydrogen) atoms. The Labute approximate surface area is 176 Å². The quantitative estimate of drug-likeness (QED) is 0.562. The van der Waals surface area contributed by atoms with E-state index in [1.165, 1.54) is 6.07 Å². The molecular formula is C22H21FIN3O. The minimum atomic E-state index is -0.271. The van der Waals surface area contributed by atoms with Gasteiger partial charge in [0.2, 0.25) is 0 Å². The highest BCUT2D eigenvalue weighted by molar-refractivity contribution is 14.1. The Kier molecular flexibility index (Phi) is 5.14. The van der Waals surface area contributed by atoms with Gasteiger partial charge in [-0.25, -0.2) is 4.39 Å². The summed E-state index contributed by atoms with van der Waals surface area (Å²) in [5, 5.41) is 0. The molecule has 3 aromatic rings. The van der Waals surface area contributed by atoms with Gasteiger partial charge in [-0.05, 0) is 58.3 Å². The largest absolute Gasteiger partial charge is 0.396 e. The van der Waals surface area contributed by atoms with Crippen LogP contribution < -0.4 is 16.2 Å². The second-order valence-electron chi connectivity index (χ2n) is 7.12. The van der Waals surface area contributed by atoms with Gasteiger partial charge in [-0.1, -0.05) is 36.4 Å². The maximum Gasteiger partial charge on any atom is 0.255 e. The Balaban J connectivity index is 1.76. The van der Waals surface area contributed by atoms with Crippen LogP contribution in [0.1, 0.15) is 22.3 Å². The van der Waals surface area contributed by atoms with Crippen LogP contribution in [0.25, 0.3) is 0 Å². The number of nitrogens with two attached hydrogens (primary N) is 1. The zero-order valence-corrected chi connectivity index (χ0v) is 17.7. The number of anilines is 2. The Morgan fingerprint density at radius 1 is 1.14 bits per heavy atom. The number of fused-ring (bicyclic) bond motifs is 1. The molecule has 2 aromatic carbocycles. The first-order valence-corrected chi connectivity index (χ1v) is 10.3. The van der Waals surface area contributed by atoms with Crippen LogP contribution in [-0.4, -0.2) is 11.1 Å². The Morgan fingerprint density at radius 2 is 1.89 bits per heavy atom. The van der Waals surface area contributed by atoms with Crippen LogP contribution in [0.4, 0.5) is 15.9 Å². The van der Waals surface area contributed by atoms with Crippen molar-refractivity contribution < 1.29 is 4.39 Å². The number of nitrogens with zero attached hydrogens (tertiary/aromatic N) is 2. The van der Waals surface area contributed by atoms with E-state index in [9.17, 15) is 9.18 Å². The zero-order valence-electron chi connectivity index (χ0n) is 15.6.